The average Bonchev–Trinajstić information content (AvgIpc) is 3.52. The Morgan fingerprint density at radius 2 is 1.32 bits per heavy atom. The normalized spacial score (nSPS) is 52.6. The molecule has 2 aliphatic heterocycles. The van der Waals surface area contributed by atoms with E-state index in [-0.39, 0.29) is 23.7 Å². The fraction of sp³-hybridized carbons (Fsp3) is 0.952. The van der Waals surface area contributed by atoms with Crippen molar-refractivity contribution in [2.75, 3.05) is 13.2 Å². The van der Waals surface area contributed by atoms with Gasteiger partial charge in [0.25, 0.3) is 0 Å². The van der Waals surface area contributed by atoms with E-state index < -0.39 is 120 Å². The quantitative estimate of drug-likeness (QED) is 0.110. The molecule has 0 bridgehead atoms. The highest BCUT2D eigenvalue weighted by Crippen LogP contribution is 2.76. The fourth-order valence-corrected chi connectivity index (χ4v) is 13.5. The Balaban J connectivity index is 1.39. The number of allylic oxidation sites excluding steroid dienone is 2. The van der Waals surface area contributed by atoms with E-state index >= 15 is 0 Å². The van der Waals surface area contributed by atoms with Gasteiger partial charge in [-0.05, 0) is 117 Å². The largest absolute Gasteiger partial charge is 0.394 e. The van der Waals surface area contributed by atoms with Crippen molar-refractivity contribution in [1.82, 2.24) is 0 Å². The molecular formula is C42H72O14. The molecule has 4 aliphatic carbocycles. The molecule has 14 nitrogen and oxygen atoms in total. The number of fused-ring (bicyclic) bond motifs is 5. The number of ether oxygens (including phenoxy) is 4. The van der Waals surface area contributed by atoms with Crippen LogP contribution in [0.25, 0.3) is 0 Å². The summed E-state index contributed by atoms with van der Waals surface area (Å²) >= 11 is 0. The maximum atomic E-state index is 12.6. The maximum absolute atomic E-state index is 12.6. The Labute approximate surface area is 331 Å². The standard InChI is InChI=1S/C42H72O14/c1-20(2)10-9-13-42(8,56-37-34(52)32(50)30(48)25(19-44)55-37)21-11-15-40(6)28(21)22(45)16-26-39(5)14-12-27(46)38(3,4)35(39)23(17-41(26,40)7)53-36-33(51)31(49)29(47)24(18-43)54-36/h10,21-37,43-52H,9,11-19H2,1-8H3/t21-,22+,23-,24-,25+,26+,27-,28-,29-,30+,31+,32-,33-,34+,35-,36-,37-,39+,40+,41+,42-/m0/s1. The molecule has 2 heterocycles. The summed E-state index contributed by atoms with van der Waals surface area (Å²) in [6.45, 7) is 15.7. The number of hydrogen-bond acceptors (Lipinski definition) is 14. The highest BCUT2D eigenvalue weighted by Gasteiger charge is 2.74. The van der Waals surface area contributed by atoms with Gasteiger partial charge in [-0.2, -0.15) is 0 Å². The first-order chi connectivity index (χ1) is 26.0. The minimum Gasteiger partial charge on any atom is -0.394 e. The van der Waals surface area contributed by atoms with Gasteiger partial charge in [0.1, 0.15) is 48.8 Å². The van der Waals surface area contributed by atoms with Gasteiger partial charge < -0.3 is 70.0 Å². The van der Waals surface area contributed by atoms with Crippen molar-refractivity contribution >= 4 is 0 Å². The molecule has 14 heteroatoms. The van der Waals surface area contributed by atoms with Crippen molar-refractivity contribution in [3.05, 3.63) is 11.6 Å². The third-order valence-corrected chi connectivity index (χ3v) is 16.6. The van der Waals surface area contributed by atoms with Gasteiger partial charge in [0.05, 0.1) is 37.1 Å². The second-order valence-electron chi connectivity index (χ2n) is 20.2. The van der Waals surface area contributed by atoms with Crippen LogP contribution in [0.2, 0.25) is 0 Å². The van der Waals surface area contributed by atoms with Gasteiger partial charge in [0, 0.05) is 0 Å². The van der Waals surface area contributed by atoms with Gasteiger partial charge in [0.2, 0.25) is 0 Å². The molecule has 6 rings (SSSR count). The van der Waals surface area contributed by atoms with E-state index in [0.717, 1.165) is 12.0 Å². The zero-order valence-corrected chi connectivity index (χ0v) is 34.6. The first-order valence-electron chi connectivity index (χ1n) is 21.0. The number of aliphatic hydroxyl groups excluding tert-OH is 10. The minimum atomic E-state index is -1.61. The molecule has 0 spiro atoms. The monoisotopic (exact) mass is 800 g/mol. The zero-order chi connectivity index (χ0) is 41.5. The second kappa shape index (κ2) is 15.9. The van der Waals surface area contributed by atoms with Crippen LogP contribution >= 0.6 is 0 Å². The lowest BCUT2D eigenvalue weighted by atomic mass is 9.34. The van der Waals surface area contributed by atoms with Crippen molar-refractivity contribution in [2.45, 2.75) is 192 Å². The topological polar surface area (TPSA) is 239 Å². The molecule has 0 radical (unpaired) electrons. The van der Waals surface area contributed by atoms with Crippen molar-refractivity contribution in [3.8, 4) is 0 Å². The first-order valence-corrected chi connectivity index (χ1v) is 21.0. The van der Waals surface area contributed by atoms with Gasteiger partial charge in [0.15, 0.2) is 12.6 Å². The lowest BCUT2D eigenvalue weighted by Crippen LogP contribution is -2.71. The van der Waals surface area contributed by atoms with Crippen LogP contribution in [-0.4, -0.2) is 150 Å². The van der Waals surface area contributed by atoms with Gasteiger partial charge >= 0.3 is 0 Å². The van der Waals surface area contributed by atoms with Gasteiger partial charge in [-0.25, -0.2) is 0 Å². The van der Waals surface area contributed by atoms with E-state index in [1.807, 2.05) is 34.6 Å². The van der Waals surface area contributed by atoms with Gasteiger partial charge in [-0.3, -0.25) is 0 Å². The van der Waals surface area contributed by atoms with Crippen LogP contribution in [0.4, 0.5) is 0 Å². The fourth-order valence-electron chi connectivity index (χ4n) is 13.5. The van der Waals surface area contributed by atoms with E-state index in [4.69, 9.17) is 18.9 Å². The molecule has 10 N–H and O–H groups in total. The molecule has 0 unspecified atom stereocenters. The Kier molecular flexibility index (Phi) is 12.7. The summed E-state index contributed by atoms with van der Waals surface area (Å²) < 4.78 is 25.4. The summed E-state index contributed by atoms with van der Waals surface area (Å²) in [6.07, 6.45) is -9.52. The van der Waals surface area contributed by atoms with Crippen LogP contribution in [0.5, 0.6) is 0 Å². The Morgan fingerprint density at radius 3 is 1.89 bits per heavy atom. The number of hydrogen-bond donors (Lipinski definition) is 10. The maximum Gasteiger partial charge on any atom is 0.187 e. The average molecular weight is 801 g/mol. The van der Waals surface area contributed by atoms with E-state index in [2.05, 4.69) is 26.8 Å². The van der Waals surface area contributed by atoms with Crippen LogP contribution in [-0.2, 0) is 18.9 Å². The van der Waals surface area contributed by atoms with Crippen LogP contribution in [0.3, 0.4) is 0 Å². The van der Waals surface area contributed by atoms with E-state index in [0.29, 0.717) is 44.9 Å². The van der Waals surface area contributed by atoms with E-state index in [1.54, 1.807) is 0 Å². The molecule has 324 valence electrons. The number of aliphatic hydroxyl groups is 10. The van der Waals surface area contributed by atoms with Gasteiger partial charge in [-0.15, -0.1) is 0 Å². The predicted octanol–water partition coefficient (Wildman–Crippen LogP) is 1.12. The van der Waals surface area contributed by atoms with Gasteiger partial charge in [-0.1, -0.05) is 46.3 Å². The van der Waals surface area contributed by atoms with Crippen molar-refractivity contribution in [3.63, 3.8) is 0 Å². The summed E-state index contributed by atoms with van der Waals surface area (Å²) in [4.78, 5) is 0. The van der Waals surface area contributed by atoms with Crippen molar-refractivity contribution in [2.24, 2.45) is 45.3 Å². The summed E-state index contributed by atoms with van der Waals surface area (Å²) in [7, 11) is 0. The van der Waals surface area contributed by atoms with Crippen molar-refractivity contribution in [1.29, 1.82) is 0 Å². The molecule has 6 fully saturated rings. The van der Waals surface area contributed by atoms with Crippen LogP contribution in [0, 0.1) is 45.3 Å². The molecule has 21 atom stereocenters. The van der Waals surface area contributed by atoms with E-state index in [9.17, 15) is 51.1 Å². The van der Waals surface area contributed by atoms with Crippen molar-refractivity contribution < 1.29 is 70.0 Å². The first kappa shape index (κ1) is 44.7. The molecule has 6 aliphatic rings. The smallest absolute Gasteiger partial charge is 0.187 e. The molecule has 0 aromatic carbocycles. The molecule has 0 aromatic rings. The van der Waals surface area contributed by atoms with E-state index in [1.165, 1.54) is 0 Å². The highest BCUT2D eigenvalue weighted by molar-refractivity contribution is 5.22. The molecule has 56 heavy (non-hydrogen) atoms. The third-order valence-electron chi connectivity index (χ3n) is 16.6. The molecule has 0 amide bonds. The summed E-state index contributed by atoms with van der Waals surface area (Å²) in [5.41, 5.74) is -1.92. The van der Waals surface area contributed by atoms with Crippen LogP contribution in [0.1, 0.15) is 107 Å². The second-order valence-corrected chi connectivity index (χ2v) is 20.2. The summed E-state index contributed by atoms with van der Waals surface area (Å²) in [5, 5.41) is 109. The predicted molar refractivity (Wildman–Crippen MR) is 202 cm³/mol. The Hall–Kier alpha value is -0.820. The minimum absolute atomic E-state index is 0.000258. The molecule has 4 saturated carbocycles. The summed E-state index contributed by atoms with van der Waals surface area (Å²) in [5.74, 6) is -0.781. The molecule has 0 aromatic heterocycles. The Morgan fingerprint density at radius 1 is 0.750 bits per heavy atom. The van der Waals surface area contributed by atoms with Crippen LogP contribution < -0.4 is 0 Å². The highest BCUT2D eigenvalue weighted by atomic mass is 16.7. The lowest BCUT2D eigenvalue weighted by Gasteiger charge is -2.72. The molecular weight excluding hydrogens is 728 g/mol. The lowest BCUT2D eigenvalue weighted by molar-refractivity contribution is -0.349. The number of rotatable bonds is 10. The summed E-state index contributed by atoms with van der Waals surface area (Å²) in [6, 6.07) is 0. The SMILES string of the molecule is CC(C)=CCC[C@](C)(O[C@@H]1O[C@H](CO)[C@@H](O)[C@H](O)[C@H]1O)[C@H]1CC[C@]2(C)[C@@H]1[C@H](O)C[C@@H]1[C@@]3(C)CC[C@H](O)C(C)(C)[C@@H]3[C@@H](O[C@H]3O[C@@H](CO)[C@H](O)[C@@H](O)[C@@H]3O)C[C@]12C. The zero-order valence-electron chi connectivity index (χ0n) is 34.6. The third kappa shape index (κ3) is 7.06. The molecule has 2 saturated heterocycles. The Bertz CT molecular complexity index is 1400. The van der Waals surface area contributed by atoms with Crippen LogP contribution in [0.15, 0.2) is 11.6 Å².